The molecule has 0 unspecified atom stereocenters. The van der Waals surface area contributed by atoms with Crippen molar-refractivity contribution in [3.8, 4) is 11.3 Å². The first-order valence-electron chi connectivity index (χ1n) is 11.1. The zero-order chi connectivity index (χ0) is 23.0. The summed E-state index contributed by atoms with van der Waals surface area (Å²) < 4.78 is 20.8. The average Bonchev–Trinajstić information content (AvgIpc) is 3.23. The number of halogens is 1. The molecule has 1 saturated heterocycles. The number of morpholine rings is 1. The lowest BCUT2D eigenvalue weighted by Crippen LogP contribution is -2.37. The summed E-state index contributed by atoms with van der Waals surface area (Å²) in [5.74, 6) is -0.291. The molecular formula is C24H28FN5O2S. The minimum atomic E-state index is -0.291. The van der Waals surface area contributed by atoms with Gasteiger partial charge in [0.05, 0.1) is 24.6 Å². The van der Waals surface area contributed by atoms with Crippen LogP contribution in [0.5, 0.6) is 0 Å². The molecule has 1 aliphatic heterocycles. The monoisotopic (exact) mass is 469 g/mol. The number of rotatable bonds is 7. The first kappa shape index (κ1) is 23.0. The number of hydrogen-bond acceptors (Lipinski definition) is 5. The zero-order valence-electron chi connectivity index (χ0n) is 18.6. The minimum Gasteiger partial charge on any atom is -0.378 e. The standard InChI is InChI=1S/C24H28FN5O2S/c1-2-26-23(31)27-11-12-30-22(17-33-24(30)28-20-7-5-19(25)6-8-20)18-3-9-21(10-4-18)29-13-15-32-16-14-29/h3-10,17H,2,11-16H2,1H3,(H2,26,27,31)/b28-24-. The summed E-state index contributed by atoms with van der Waals surface area (Å²) in [4.78, 5) is 19.6. The van der Waals surface area contributed by atoms with Gasteiger partial charge in [-0.1, -0.05) is 12.1 Å². The quantitative estimate of drug-likeness (QED) is 0.554. The lowest BCUT2D eigenvalue weighted by Gasteiger charge is -2.28. The summed E-state index contributed by atoms with van der Waals surface area (Å²) in [6.07, 6.45) is 0. The summed E-state index contributed by atoms with van der Waals surface area (Å²) in [7, 11) is 0. The number of benzene rings is 2. The van der Waals surface area contributed by atoms with Crippen LogP contribution in [0.2, 0.25) is 0 Å². The number of carbonyl (C=O) groups is 1. The lowest BCUT2D eigenvalue weighted by molar-refractivity contribution is 0.122. The van der Waals surface area contributed by atoms with Crippen molar-refractivity contribution in [2.24, 2.45) is 4.99 Å². The molecule has 0 bridgehead atoms. The van der Waals surface area contributed by atoms with E-state index in [1.165, 1.54) is 29.2 Å². The Balaban J connectivity index is 1.61. The van der Waals surface area contributed by atoms with Gasteiger partial charge in [0.1, 0.15) is 5.82 Å². The van der Waals surface area contributed by atoms with E-state index in [2.05, 4.69) is 49.7 Å². The number of anilines is 1. The number of amides is 2. The Morgan fingerprint density at radius 2 is 1.82 bits per heavy atom. The van der Waals surface area contributed by atoms with E-state index >= 15 is 0 Å². The highest BCUT2D eigenvalue weighted by molar-refractivity contribution is 7.07. The Morgan fingerprint density at radius 1 is 1.09 bits per heavy atom. The minimum absolute atomic E-state index is 0.193. The number of nitrogens with zero attached hydrogens (tertiary/aromatic N) is 3. The van der Waals surface area contributed by atoms with Crippen LogP contribution in [0.1, 0.15) is 6.92 Å². The normalized spacial score (nSPS) is 14.4. The van der Waals surface area contributed by atoms with Gasteiger partial charge in [-0.15, -0.1) is 11.3 Å². The maximum atomic E-state index is 13.3. The van der Waals surface area contributed by atoms with E-state index in [0.717, 1.165) is 42.4 Å². The number of thiazole rings is 1. The van der Waals surface area contributed by atoms with Gasteiger partial charge in [-0.05, 0) is 48.9 Å². The predicted octanol–water partition coefficient (Wildman–Crippen LogP) is 3.74. The van der Waals surface area contributed by atoms with Crippen LogP contribution in [-0.2, 0) is 11.3 Å². The highest BCUT2D eigenvalue weighted by Gasteiger charge is 2.13. The fraction of sp³-hybridized carbons (Fsp3) is 0.333. The van der Waals surface area contributed by atoms with Gasteiger partial charge in [-0.2, -0.15) is 0 Å². The van der Waals surface area contributed by atoms with E-state index in [1.54, 1.807) is 12.1 Å². The third kappa shape index (κ3) is 6.00. The molecule has 7 nitrogen and oxygen atoms in total. The van der Waals surface area contributed by atoms with E-state index in [1.807, 2.05) is 6.92 Å². The largest absolute Gasteiger partial charge is 0.378 e. The number of urea groups is 1. The van der Waals surface area contributed by atoms with Gasteiger partial charge >= 0.3 is 6.03 Å². The van der Waals surface area contributed by atoms with Crippen LogP contribution in [-0.4, -0.2) is 50.0 Å². The van der Waals surface area contributed by atoms with Gasteiger partial charge < -0.3 is 24.8 Å². The fourth-order valence-corrected chi connectivity index (χ4v) is 4.62. The highest BCUT2D eigenvalue weighted by Crippen LogP contribution is 2.25. The van der Waals surface area contributed by atoms with Crippen LogP contribution in [0.3, 0.4) is 0 Å². The molecule has 1 aliphatic rings. The Bertz CT molecular complexity index is 1120. The molecule has 0 radical (unpaired) electrons. The average molecular weight is 470 g/mol. The second-order valence-corrected chi connectivity index (χ2v) is 8.41. The summed E-state index contributed by atoms with van der Waals surface area (Å²) in [6.45, 7) is 6.75. The molecule has 0 spiro atoms. The maximum absolute atomic E-state index is 13.3. The summed E-state index contributed by atoms with van der Waals surface area (Å²) in [6, 6.07) is 14.4. The van der Waals surface area contributed by atoms with Crippen molar-refractivity contribution < 1.29 is 13.9 Å². The van der Waals surface area contributed by atoms with Crippen molar-refractivity contribution in [1.82, 2.24) is 15.2 Å². The Hall–Kier alpha value is -3.17. The summed E-state index contributed by atoms with van der Waals surface area (Å²) in [5.41, 5.74) is 3.95. The third-order valence-electron chi connectivity index (χ3n) is 5.35. The molecule has 174 valence electrons. The fourth-order valence-electron chi connectivity index (χ4n) is 3.66. The summed E-state index contributed by atoms with van der Waals surface area (Å²) in [5, 5.41) is 7.68. The first-order chi connectivity index (χ1) is 16.1. The van der Waals surface area contributed by atoms with Crippen molar-refractivity contribution >= 4 is 28.7 Å². The highest BCUT2D eigenvalue weighted by atomic mass is 32.1. The second kappa shape index (κ2) is 11.1. The van der Waals surface area contributed by atoms with Crippen molar-refractivity contribution in [3.05, 3.63) is 64.5 Å². The molecule has 9 heteroatoms. The first-order valence-corrected chi connectivity index (χ1v) is 12.0. The number of hydrogen-bond donors (Lipinski definition) is 2. The molecule has 33 heavy (non-hydrogen) atoms. The Labute approximate surface area is 196 Å². The molecule has 1 fully saturated rings. The molecule has 2 amide bonds. The number of carbonyl (C=O) groups excluding carboxylic acids is 1. The van der Waals surface area contributed by atoms with Crippen LogP contribution >= 0.6 is 11.3 Å². The Kier molecular flexibility index (Phi) is 7.74. The van der Waals surface area contributed by atoms with Crippen molar-refractivity contribution in [1.29, 1.82) is 0 Å². The van der Waals surface area contributed by atoms with Crippen molar-refractivity contribution in [2.45, 2.75) is 13.5 Å². The molecule has 2 heterocycles. The van der Waals surface area contributed by atoms with Gasteiger partial charge in [-0.3, -0.25) is 0 Å². The molecule has 4 rings (SSSR count). The predicted molar refractivity (Wildman–Crippen MR) is 129 cm³/mol. The van der Waals surface area contributed by atoms with E-state index in [-0.39, 0.29) is 11.8 Å². The number of ether oxygens (including phenoxy) is 1. The van der Waals surface area contributed by atoms with Gasteiger partial charge in [-0.25, -0.2) is 14.2 Å². The third-order valence-corrected chi connectivity index (χ3v) is 6.21. The molecule has 2 N–H and O–H groups in total. The molecule has 3 aromatic rings. The van der Waals surface area contributed by atoms with E-state index in [0.29, 0.717) is 25.3 Å². The molecule has 0 atom stereocenters. The Morgan fingerprint density at radius 3 is 2.52 bits per heavy atom. The smallest absolute Gasteiger partial charge is 0.314 e. The van der Waals surface area contributed by atoms with Crippen LogP contribution in [0.4, 0.5) is 20.6 Å². The van der Waals surface area contributed by atoms with Crippen molar-refractivity contribution in [3.63, 3.8) is 0 Å². The number of aromatic nitrogens is 1. The van der Waals surface area contributed by atoms with Crippen molar-refractivity contribution in [2.75, 3.05) is 44.3 Å². The molecular weight excluding hydrogens is 441 g/mol. The van der Waals surface area contributed by atoms with Crippen LogP contribution < -0.4 is 20.3 Å². The van der Waals surface area contributed by atoms with Crippen LogP contribution in [0.25, 0.3) is 11.3 Å². The topological polar surface area (TPSA) is 70.9 Å². The van der Waals surface area contributed by atoms with E-state index in [9.17, 15) is 9.18 Å². The maximum Gasteiger partial charge on any atom is 0.314 e. The zero-order valence-corrected chi connectivity index (χ0v) is 19.4. The SMILES string of the molecule is CCNC(=O)NCCn1c(-c2ccc(N3CCOCC3)cc2)cs/c1=N\c1ccc(F)cc1. The molecule has 0 saturated carbocycles. The number of nitrogens with one attached hydrogen (secondary N) is 2. The van der Waals surface area contributed by atoms with Gasteiger partial charge in [0.25, 0.3) is 0 Å². The molecule has 1 aromatic heterocycles. The van der Waals surface area contributed by atoms with Gasteiger partial charge in [0.15, 0.2) is 4.80 Å². The van der Waals surface area contributed by atoms with Gasteiger partial charge in [0, 0.05) is 43.8 Å². The van der Waals surface area contributed by atoms with Crippen LogP contribution in [0, 0.1) is 5.82 Å². The van der Waals surface area contributed by atoms with Crippen LogP contribution in [0.15, 0.2) is 58.9 Å². The summed E-state index contributed by atoms with van der Waals surface area (Å²) >= 11 is 1.52. The molecule has 2 aromatic carbocycles. The van der Waals surface area contributed by atoms with E-state index < -0.39 is 0 Å². The second-order valence-electron chi connectivity index (χ2n) is 7.58. The van der Waals surface area contributed by atoms with Gasteiger partial charge in [0.2, 0.25) is 0 Å². The molecule has 0 aliphatic carbocycles. The lowest BCUT2D eigenvalue weighted by atomic mass is 10.1. The van der Waals surface area contributed by atoms with E-state index in [4.69, 9.17) is 9.73 Å².